The lowest BCUT2D eigenvalue weighted by Crippen LogP contribution is -2.34. The van der Waals surface area contributed by atoms with Gasteiger partial charge in [0.15, 0.2) is 5.82 Å². The average Bonchev–Trinajstić information content (AvgIpc) is 3.00. The minimum Gasteiger partial charge on any atom is -0.443 e. The Kier molecular flexibility index (Phi) is 5.53. The highest BCUT2D eigenvalue weighted by atomic mass is 79.9. The van der Waals surface area contributed by atoms with Gasteiger partial charge in [-0.1, -0.05) is 33.8 Å². The molecular weight excluding hydrogens is 434 g/mol. The molecule has 0 aliphatic rings. The van der Waals surface area contributed by atoms with E-state index in [0.29, 0.717) is 22.4 Å². The molecule has 0 bridgehead atoms. The maximum atomic E-state index is 12.5. The van der Waals surface area contributed by atoms with E-state index in [1.54, 1.807) is 34.1 Å². The lowest BCUT2D eigenvalue weighted by Gasteiger charge is -2.24. The number of aryl methyl sites for hydroxylation is 1. The molecule has 0 aliphatic carbocycles. The number of nitrogen functional groups attached to an aromatic ring is 1. The highest BCUT2D eigenvalue weighted by Gasteiger charge is 2.25. The van der Waals surface area contributed by atoms with Crippen LogP contribution in [0.1, 0.15) is 31.9 Å². The Labute approximate surface area is 178 Å². The van der Waals surface area contributed by atoms with Crippen LogP contribution in [0, 0.1) is 11.8 Å². The SMILES string of the molecule is CN(C(=O)OC(C)(C)C)c1nc(N)c(C#Cc2cccc(Br)c2)c2c1ncn2C. The Morgan fingerprint density at radius 2 is 2.03 bits per heavy atom. The molecule has 2 heterocycles. The van der Waals surface area contributed by atoms with Crippen LogP contribution >= 0.6 is 15.9 Å². The summed E-state index contributed by atoms with van der Waals surface area (Å²) in [6, 6.07) is 7.67. The third-order valence-electron chi connectivity index (χ3n) is 4.01. The van der Waals surface area contributed by atoms with Crippen molar-refractivity contribution in [3.05, 3.63) is 46.2 Å². The molecule has 3 rings (SSSR count). The summed E-state index contributed by atoms with van der Waals surface area (Å²) in [5.74, 6) is 6.75. The van der Waals surface area contributed by atoms with E-state index in [1.807, 2.05) is 35.9 Å². The van der Waals surface area contributed by atoms with E-state index in [2.05, 4.69) is 37.7 Å². The number of benzene rings is 1. The molecule has 1 aromatic carbocycles. The number of pyridine rings is 1. The van der Waals surface area contributed by atoms with Gasteiger partial charge >= 0.3 is 6.09 Å². The van der Waals surface area contributed by atoms with Crippen LogP contribution in [0.5, 0.6) is 0 Å². The molecule has 0 saturated heterocycles. The van der Waals surface area contributed by atoms with E-state index in [9.17, 15) is 4.79 Å². The van der Waals surface area contributed by atoms with Gasteiger partial charge in [-0.05, 0) is 39.0 Å². The fraction of sp³-hybridized carbons (Fsp3) is 0.286. The predicted octanol–water partition coefficient (Wildman–Crippen LogP) is 4.08. The maximum Gasteiger partial charge on any atom is 0.415 e. The molecule has 0 radical (unpaired) electrons. The minimum atomic E-state index is -0.629. The number of imidazole rings is 1. The van der Waals surface area contributed by atoms with E-state index >= 15 is 0 Å². The van der Waals surface area contributed by atoms with Crippen molar-refractivity contribution in [3.63, 3.8) is 0 Å². The predicted molar refractivity (Wildman–Crippen MR) is 118 cm³/mol. The number of anilines is 2. The lowest BCUT2D eigenvalue weighted by molar-refractivity contribution is 0.0588. The Bertz CT molecular complexity index is 1150. The second-order valence-corrected chi connectivity index (χ2v) is 8.46. The molecule has 0 atom stereocenters. The first kappa shape index (κ1) is 20.7. The van der Waals surface area contributed by atoms with Crippen LogP contribution in [0.15, 0.2) is 35.1 Å². The summed E-state index contributed by atoms with van der Waals surface area (Å²) in [6.07, 6.45) is 1.10. The summed E-state index contributed by atoms with van der Waals surface area (Å²) < 4.78 is 8.19. The fourth-order valence-electron chi connectivity index (χ4n) is 2.71. The summed E-state index contributed by atoms with van der Waals surface area (Å²) in [6.45, 7) is 5.41. The van der Waals surface area contributed by atoms with Crippen LogP contribution in [0.4, 0.5) is 16.4 Å². The molecule has 2 aromatic heterocycles. The Morgan fingerprint density at radius 3 is 2.69 bits per heavy atom. The smallest absolute Gasteiger partial charge is 0.415 e. The van der Waals surface area contributed by atoms with Crippen LogP contribution < -0.4 is 10.6 Å². The molecule has 29 heavy (non-hydrogen) atoms. The number of nitrogens with two attached hydrogens (primary N) is 1. The van der Waals surface area contributed by atoms with Crippen molar-refractivity contribution in [2.45, 2.75) is 26.4 Å². The largest absolute Gasteiger partial charge is 0.443 e. The van der Waals surface area contributed by atoms with Crippen LogP contribution in [-0.2, 0) is 11.8 Å². The van der Waals surface area contributed by atoms with E-state index in [1.165, 1.54) is 4.90 Å². The number of hydrogen-bond donors (Lipinski definition) is 1. The number of hydrogen-bond acceptors (Lipinski definition) is 5. The van der Waals surface area contributed by atoms with Gasteiger partial charge in [-0.15, -0.1) is 0 Å². The van der Waals surface area contributed by atoms with Crippen molar-refractivity contribution in [2.75, 3.05) is 17.7 Å². The minimum absolute atomic E-state index is 0.217. The van der Waals surface area contributed by atoms with Crippen LogP contribution in [0.2, 0.25) is 0 Å². The van der Waals surface area contributed by atoms with Crippen molar-refractivity contribution in [1.82, 2.24) is 14.5 Å². The van der Waals surface area contributed by atoms with Crippen molar-refractivity contribution < 1.29 is 9.53 Å². The summed E-state index contributed by atoms with van der Waals surface area (Å²) in [5, 5.41) is 0. The molecule has 0 saturated carbocycles. The second kappa shape index (κ2) is 7.76. The van der Waals surface area contributed by atoms with Crippen LogP contribution in [0.25, 0.3) is 11.0 Å². The first-order valence-electron chi connectivity index (χ1n) is 8.91. The van der Waals surface area contributed by atoms with Gasteiger partial charge in [0.2, 0.25) is 0 Å². The third kappa shape index (κ3) is 4.51. The van der Waals surface area contributed by atoms with Gasteiger partial charge in [-0.25, -0.2) is 14.8 Å². The van der Waals surface area contributed by atoms with Crippen molar-refractivity contribution in [1.29, 1.82) is 0 Å². The summed E-state index contributed by atoms with van der Waals surface area (Å²) >= 11 is 3.44. The fourth-order valence-corrected chi connectivity index (χ4v) is 3.11. The van der Waals surface area contributed by atoms with E-state index in [0.717, 1.165) is 10.0 Å². The zero-order valence-electron chi connectivity index (χ0n) is 16.9. The van der Waals surface area contributed by atoms with Gasteiger partial charge in [0.1, 0.15) is 16.9 Å². The standard InChI is InChI=1S/C21H22BrN5O2/c1-21(2,3)29-20(28)27(5)19-16-17(26(4)12-24-16)15(18(23)25-19)10-9-13-7-6-8-14(22)11-13/h6-8,11-12H,1-5H3,(H2,23,25). The number of aromatic nitrogens is 3. The highest BCUT2D eigenvalue weighted by molar-refractivity contribution is 9.10. The first-order valence-corrected chi connectivity index (χ1v) is 9.71. The molecule has 2 N–H and O–H groups in total. The number of fused-ring (bicyclic) bond motifs is 1. The number of carbonyl (C=O) groups is 1. The number of rotatable bonds is 1. The number of ether oxygens (including phenoxy) is 1. The molecule has 0 unspecified atom stereocenters. The Morgan fingerprint density at radius 1 is 1.31 bits per heavy atom. The summed E-state index contributed by atoms with van der Waals surface area (Å²) in [5.41, 5.74) is 8.22. The van der Waals surface area contributed by atoms with Gasteiger partial charge in [0, 0.05) is 24.1 Å². The quantitative estimate of drug-likeness (QED) is 0.558. The number of halogens is 1. The molecule has 150 valence electrons. The zero-order chi connectivity index (χ0) is 21.3. The van der Waals surface area contributed by atoms with E-state index < -0.39 is 11.7 Å². The van der Waals surface area contributed by atoms with Crippen molar-refractivity contribution in [2.24, 2.45) is 7.05 Å². The molecule has 0 aliphatic heterocycles. The molecule has 1 amide bonds. The van der Waals surface area contributed by atoms with Crippen LogP contribution in [-0.4, -0.2) is 33.3 Å². The van der Waals surface area contributed by atoms with Gasteiger partial charge < -0.3 is 15.0 Å². The molecule has 3 aromatic rings. The average molecular weight is 456 g/mol. The third-order valence-corrected chi connectivity index (χ3v) is 4.50. The molecule has 8 heteroatoms. The van der Waals surface area contributed by atoms with Crippen LogP contribution in [0.3, 0.4) is 0 Å². The first-order chi connectivity index (χ1) is 13.6. The highest BCUT2D eigenvalue weighted by Crippen LogP contribution is 2.29. The monoisotopic (exact) mass is 455 g/mol. The molecule has 7 nitrogen and oxygen atoms in total. The van der Waals surface area contributed by atoms with Gasteiger partial charge in [0.05, 0.1) is 17.4 Å². The zero-order valence-corrected chi connectivity index (χ0v) is 18.5. The van der Waals surface area contributed by atoms with E-state index in [-0.39, 0.29) is 5.82 Å². The van der Waals surface area contributed by atoms with Gasteiger partial charge in [-0.3, -0.25) is 4.90 Å². The Hall–Kier alpha value is -3.05. The molecular formula is C21H22BrN5O2. The molecule has 0 fully saturated rings. The van der Waals surface area contributed by atoms with Crippen molar-refractivity contribution >= 4 is 44.7 Å². The summed E-state index contributed by atoms with van der Waals surface area (Å²) in [7, 11) is 3.42. The number of nitrogens with zero attached hydrogens (tertiary/aromatic N) is 4. The Balaban J connectivity index is 2.10. The lowest BCUT2D eigenvalue weighted by atomic mass is 10.1. The van der Waals surface area contributed by atoms with Gasteiger partial charge in [0.25, 0.3) is 0 Å². The van der Waals surface area contributed by atoms with Gasteiger partial charge in [-0.2, -0.15) is 0 Å². The van der Waals surface area contributed by atoms with Crippen molar-refractivity contribution in [3.8, 4) is 11.8 Å². The maximum absolute atomic E-state index is 12.5. The molecule has 0 spiro atoms. The van der Waals surface area contributed by atoms with E-state index in [4.69, 9.17) is 10.5 Å². The number of amides is 1. The normalized spacial score (nSPS) is 11.1. The number of carbonyl (C=O) groups excluding carboxylic acids is 1. The second-order valence-electron chi connectivity index (χ2n) is 7.55. The summed E-state index contributed by atoms with van der Waals surface area (Å²) in [4.78, 5) is 22.6. The topological polar surface area (TPSA) is 86.3 Å².